The fraction of sp³-hybridized carbons (Fsp3) is 0.786. The maximum atomic E-state index is 12.5. The van der Waals surface area contributed by atoms with E-state index in [-0.39, 0.29) is 18.5 Å². The second kappa shape index (κ2) is 5.91. The summed E-state index contributed by atoms with van der Waals surface area (Å²) in [7, 11) is 0. The monoisotopic (exact) mass is 297 g/mol. The molecule has 2 fully saturated rings. The zero-order valence-electron chi connectivity index (χ0n) is 12.7. The third kappa shape index (κ3) is 3.28. The summed E-state index contributed by atoms with van der Waals surface area (Å²) in [6.45, 7) is 6.21. The summed E-state index contributed by atoms with van der Waals surface area (Å²) in [6.07, 6.45) is 1.31. The third-order valence-electron chi connectivity index (χ3n) is 4.48. The maximum absolute atomic E-state index is 12.5. The van der Waals surface area contributed by atoms with Crippen molar-refractivity contribution in [2.75, 3.05) is 39.3 Å². The van der Waals surface area contributed by atoms with Crippen molar-refractivity contribution in [1.29, 1.82) is 0 Å². The van der Waals surface area contributed by atoms with Crippen LogP contribution in [0, 0.1) is 5.41 Å². The molecule has 1 N–H and O–H groups in total. The third-order valence-corrected chi connectivity index (χ3v) is 4.48. The molecule has 3 amide bonds. The molecule has 0 aromatic heterocycles. The molecule has 0 aromatic rings. The highest BCUT2D eigenvalue weighted by Crippen LogP contribution is 2.30. The molecule has 1 atom stereocenters. The first-order chi connectivity index (χ1) is 9.83. The Morgan fingerprint density at radius 1 is 0.952 bits per heavy atom. The fourth-order valence-corrected chi connectivity index (χ4v) is 2.99. The lowest BCUT2D eigenvalue weighted by Crippen LogP contribution is -2.57. The molecule has 1 unspecified atom stereocenters. The highest BCUT2D eigenvalue weighted by atomic mass is 16.4. The van der Waals surface area contributed by atoms with E-state index >= 15 is 0 Å². The highest BCUT2D eigenvalue weighted by molar-refractivity contribution is 5.79. The van der Waals surface area contributed by atoms with Crippen LogP contribution >= 0.6 is 0 Å². The Kier molecular flexibility index (Phi) is 4.39. The Hall–Kier alpha value is -1.79. The highest BCUT2D eigenvalue weighted by Gasteiger charge is 2.40. The summed E-state index contributed by atoms with van der Waals surface area (Å²) in [4.78, 5) is 40.2. The van der Waals surface area contributed by atoms with Crippen LogP contribution in [0.3, 0.4) is 0 Å². The minimum atomic E-state index is -0.852. The molecule has 2 saturated heterocycles. The molecule has 0 radical (unpaired) electrons. The molecule has 0 saturated carbocycles. The second-order valence-corrected chi connectivity index (χ2v) is 6.17. The van der Waals surface area contributed by atoms with Crippen molar-refractivity contribution in [2.45, 2.75) is 26.7 Å². The van der Waals surface area contributed by atoms with E-state index < -0.39 is 11.4 Å². The first-order valence-electron chi connectivity index (χ1n) is 7.36. The van der Waals surface area contributed by atoms with Crippen LogP contribution in [0.4, 0.5) is 4.79 Å². The average Bonchev–Trinajstić information content (AvgIpc) is 2.46. The zero-order chi connectivity index (χ0) is 15.6. The number of carbonyl (C=O) groups is 3. The van der Waals surface area contributed by atoms with Crippen molar-refractivity contribution < 1.29 is 19.5 Å². The molecule has 7 heteroatoms. The first-order valence-corrected chi connectivity index (χ1v) is 7.36. The normalized spacial score (nSPS) is 26.7. The van der Waals surface area contributed by atoms with Gasteiger partial charge in [-0.3, -0.25) is 9.59 Å². The van der Waals surface area contributed by atoms with E-state index in [9.17, 15) is 19.5 Å². The van der Waals surface area contributed by atoms with Gasteiger partial charge in [0, 0.05) is 46.2 Å². The number of nitrogens with zero attached hydrogens (tertiary/aromatic N) is 3. The number of aliphatic carboxylic acids is 1. The molecule has 2 aliphatic rings. The van der Waals surface area contributed by atoms with Crippen molar-refractivity contribution in [3.8, 4) is 0 Å². The van der Waals surface area contributed by atoms with Gasteiger partial charge < -0.3 is 19.8 Å². The van der Waals surface area contributed by atoms with Crippen LogP contribution < -0.4 is 0 Å². The number of piperazine rings is 1. The number of carboxylic acid groups (broad SMARTS) is 1. The van der Waals surface area contributed by atoms with Crippen LogP contribution in [-0.4, -0.2) is 77.0 Å². The SMILES string of the molecule is CC(=O)N1CCN(C(=O)N2CCCC(C)(C(=O)O)C2)CC1. The topological polar surface area (TPSA) is 81.2 Å². The predicted octanol–water partition coefficient (Wildman–Crippen LogP) is 0.457. The first kappa shape index (κ1) is 15.6. The van der Waals surface area contributed by atoms with Gasteiger partial charge >= 0.3 is 12.0 Å². The quantitative estimate of drug-likeness (QED) is 0.762. The molecule has 0 aliphatic carbocycles. The van der Waals surface area contributed by atoms with Gasteiger partial charge in [-0.2, -0.15) is 0 Å². The number of likely N-dealkylation sites (tertiary alicyclic amines) is 1. The Morgan fingerprint density at radius 3 is 2.05 bits per heavy atom. The molecule has 0 aromatic carbocycles. The number of rotatable bonds is 1. The van der Waals surface area contributed by atoms with Gasteiger partial charge in [0.15, 0.2) is 0 Å². The summed E-state index contributed by atoms with van der Waals surface area (Å²) >= 11 is 0. The lowest BCUT2D eigenvalue weighted by molar-refractivity contribution is -0.150. The predicted molar refractivity (Wildman–Crippen MR) is 75.8 cm³/mol. The van der Waals surface area contributed by atoms with Gasteiger partial charge in [0.2, 0.25) is 5.91 Å². The summed E-state index contributed by atoms with van der Waals surface area (Å²) < 4.78 is 0. The molecule has 118 valence electrons. The zero-order valence-corrected chi connectivity index (χ0v) is 12.7. The molecule has 2 aliphatic heterocycles. The summed E-state index contributed by atoms with van der Waals surface area (Å²) in [6, 6.07) is -0.106. The Bertz CT molecular complexity index is 446. The van der Waals surface area contributed by atoms with Gasteiger partial charge in [-0.1, -0.05) is 0 Å². The average molecular weight is 297 g/mol. The van der Waals surface area contributed by atoms with Crippen LogP contribution in [0.2, 0.25) is 0 Å². The van der Waals surface area contributed by atoms with Crippen molar-refractivity contribution in [3.63, 3.8) is 0 Å². The Labute approximate surface area is 124 Å². The van der Waals surface area contributed by atoms with E-state index in [2.05, 4.69) is 0 Å². The summed E-state index contributed by atoms with van der Waals surface area (Å²) in [5, 5.41) is 9.31. The van der Waals surface area contributed by atoms with E-state index in [1.54, 1.807) is 21.6 Å². The van der Waals surface area contributed by atoms with Crippen LogP contribution in [-0.2, 0) is 9.59 Å². The smallest absolute Gasteiger partial charge is 0.320 e. The molecular weight excluding hydrogens is 274 g/mol. The van der Waals surface area contributed by atoms with E-state index in [4.69, 9.17) is 0 Å². The number of hydrogen-bond acceptors (Lipinski definition) is 3. The Morgan fingerprint density at radius 2 is 1.52 bits per heavy atom. The minimum Gasteiger partial charge on any atom is -0.481 e. The van der Waals surface area contributed by atoms with Crippen LogP contribution in [0.15, 0.2) is 0 Å². The van der Waals surface area contributed by atoms with E-state index in [0.29, 0.717) is 45.6 Å². The molecular formula is C14H23N3O4. The second-order valence-electron chi connectivity index (χ2n) is 6.17. The van der Waals surface area contributed by atoms with Crippen LogP contribution in [0.5, 0.6) is 0 Å². The van der Waals surface area contributed by atoms with Crippen molar-refractivity contribution in [2.24, 2.45) is 5.41 Å². The number of carboxylic acids is 1. The van der Waals surface area contributed by atoms with Crippen molar-refractivity contribution >= 4 is 17.9 Å². The maximum Gasteiger partial charge on any atom is 0.320 e. The molecule has 0 bridgehead atoms. The Balaban J connectivity index is 1.95. The van der Waals surface area contributed by atoms with Crippen LogP contribution in [0.1, 0.15) is 26.7 Å². The van der Waals surface area contributed by atoms with Gasteiger partial charge in [0.25, 0.3) is 0 Å². The number of hydrogen-bond donors (Lipinski definition) is 1. The fourth-order valence-electron chi connectivity index (χ4n) is 2.99. The lowest BCUT2D eigenvalue weighted by atomic mass is 9.82. The lowest BCUT2D eigenvalue weighted by Gasteiger charge is -2.42. The summed E-state index contributed by atoms with van der Waals surface area (Å²) in [5.41, 5.74) is -0.852. The van der Waals surface area contributed by atoms with E-state index in [1.807, 2.05) is 0 Å². The van der Waals surface area contributed by atoms with Gasteiger partial charge in [-0.15, -0.1) is 0 Å². The number of carbonyl (C=O) groups excluding carboxylic acids is 2. The van der Waals surface area contributed by atoms with Gasteiger partial charge in [0.1, 0.15) is 0 Å². The molecule has 2 rings (SSSR count). The van der Waals surface area contributed by atoms with Crippen molar-refractivity contribution in [1.82, 2.24) is 14.7 Å². The standard InChI is InChI=1S/C14H23N3O4/c1-11(18)15-6-8-16(9-7-15)13(21)17-5-3-4-14(2,10-17)12(19)20/h3-10H2,1-2H3,(H,19,20). The molecule has 0 spiro atoms. The number of amides is 3. The van der Waals surface area contributed by atoms with E-state index in [0.717, 1.165) is 0 Å². The van der Waals surface area contributed by atoms with Gasteiger partial charge in [-0.05, 0) is 19.8 Å². The number of urea groups is 1. The molecule has 21 heavy (non-hydrogen) atoms. The van der Waals surface area contributed by atoms with Gasteiger partial charge in [0.05, 0.1) is 5.41 Å². The van der Waals surface area contributed by atoms with Crippen LogP contribution in [0.25, 0.3) is 0 Å². The molecule has 7 nitrogen and oxygen atoms in total. The molecule has 2 heterocycles. The minimum absolute atomic E-state index is 0.0264. The van der Waals surface area contributed by atoms with Crippen molar-refractivity contribution in [3.05, 3.63) is 0 Å². The number of piperidine rings is 1. The van der Waals surface area contributed by atoms with Gasteiger partial charge in [-0.25, -0.2) is 4.79 Å². The van der Waals surface area contributed by atoms with E-state index in [1.165, 1.54) is 6.92 Å². The largest absolute Gasteiger partial charge is 0.481 e. The summed E-state index contributed by atoms with van der Waals surface area (Å²) in [5.74, 6) is -0.820.